The predicted molar refractivity (Wildman–Crippen MR) is 70.8 cm³/mol. The van der Waals surface area contributed by atoms with Gasteiger partial charge < -0.3 is 19.7 Å². The molecule has 9 heteroatoms. The number of aromatic carboxylic acids is 1. The van der Waals surface area contributed by atoms with Gasteiger partial charge in [0.05, 0.1) is 13.0 Å². The van der Waals surface area contributed by atoms with Gasteiger partial charge in [0.1, 0.15) is 5.69 Å². The fraction of sp³-hybridized carbons (Fsp3) is 0.231. The van der Waals surface area contributed by atoms with Crippen molar-refractivity contribution in [3.05, 3.63) is 23.9 Å². The maximum absolute atomic E-state index is 11.3. The maximum atomic E-state index is 11.3. The van der Waals surface area contributed by atoms with E-state index in [4.69, 9.17) is 14.6 Å². The number of hydrogen-bond acceptors (Lipinski definition) is 6. The van der Waals surface area contributed by atoms with E-state index in [9.17, 15) is 14.7 Å². The molecule has 2 aromatic rings. The molecule has 0 saturated heterocycles. The lowest BCUT2D eigenvalue weighted by Gasteiger charge is -2.07. The Morgan fingerprint density at radius 2 is 2.00 bits per heavy atom. The van der Waals surface area contributed by atoms with Crippen LogP contribution in [-0.2, 0) is 11.3 Å². The molecule has 1 aliphatic heterocycles. The Morgan fingerprint density at radius 1 is 1.23 bits per heavy atom. The van der Waals surface area contributed by atoms with Crippen molar-refractivity contribution in [2.75, 3.05) is 6.79 Å². The van der Waals surface area contributed by atoms with E-state index in [1.165, 1.54) is 4.68 Å². The van der Waals surface area contributed by atoms with Crippen molar-refractivity contribution >= 4 is 11.9 Å². The average Bonchev–Trinajstić information content (AvgIpc) is 3.10. The zero-order valence-corrected chi connectivity index (χ0v) is 11.2. The van der Waals surface area contributed by atoms with Crippen LogP contribution in [0.5, 0.6) is 11.5 Å². The molecule has 9 nitrogen and oxygen atoms in total. The number of nitrogens with zero attached hydrogens (tertiary/aromatic N) is 3. The SMILES string of the molecule is O=C(O)CCn1nnc(C(=O)O)c1-c1ccc2c(c1)OCO2. The monoisotopic (exact) mass is 305 g/mol. The van der Waals surface area contributed by atoms with Crippen molar-refractivity contribution in [2.45, 2.75) is 13.0 Å². The summed E-state index contributed by atoms with van der Waals surface area (Å²) in [4.78, 5) is 22.0. The van der Waals surface area contributed by atoms with Crippen molar-refractivity contribution < 1.29 is 29.3 Å². The van der Waals surface area contributed by atoms with Gasteiger partial charge in [-0.1, -0.05) is 5.21 Å². The summed E-state index contributed by atoms with van der Waals surface area (Å²) in [5.74, 6) is -1.21. The third-order valence-corrected chi connectivity index (χ3v) is 3.12. The molecule has 1 aliphatic rings. The number of fused-ring (bicyclic) bond motifs is 1. The van der Waals surface area contributed by atoms with E-state index in [0.29, 0.717) is 17.1 Å². The third-order valence-electron chi connectivity index (χ3n) is 3.12. The van der Waals surface area contributed by atoms with Crippen LogP contribution in [0, 0.1) is 0 Å². The molecule has 0 unspecified atom stereocenters. The molecule has 0 saturated carbocycles. The van der Waals surface area contributed by atoms with Crippen LogP contribution < -0.4 is 9.47 Å². The number of carbonyl (C=O) groups is 2. The van der Waals surface area contributed by atoms with Gasteiger partial charge in [-0.3, -0.25) is 4.79 Å². The number of aryl methyl sites for hydroxylation is 1. The second kappa shape index (κ2) is 5.35. The molecule has 2 heterocycles. The van der Waals surface area contributed by atoms with E-state index in [0.717, 1.165) is 0 Å². The molecule has 1 aromatic heterocycles. The maximum Gasteiger partial charge on any atom is 0.358 e. The van der Waals surface area contributed by atoms with E-state index in [2.05, 4.69) is 10.3 Å². The highest BCUT2D eigenvalue weighted by Gasteiger charge is 2.23. The van der Waals surface area contributed by atoms with Gasteiger partial charge in [0.25, 0.3) is 0 Å². The molecule has 114 valence electrons. The Balaban J connectivity index is 2.05. The van der Waals surface area contributed by atoms with Crippen molar-refractivity contribution in [3.63, 3.8) is 0 Å². The molecular weight excluding hydrogens is 294 g/mol. The Hall–Kier alpha value is -3.10. The lowest BCUT2D eigenvalue weighted by Crippen LogP contribution is -2.08. The number of aliphatic carboxylic acids is 1. The standard InChI is InChI=1S/C13H11N3O6/c17-10(18)3-4-16-12(11(13(19)20)14-15-16)7-1-2-8-9(5-7)22-6-21-8/h1-2,5H,3-4,6H2,(H,17,18)(H,19,20). The van der Waals surface area contributed by atoms with Crippen LogP contribution in [-0.4, -0.2) is 43.9 Å². The second-order valence-corrected chi connectivity index (χ2v) is 4.53. The number of carboxylic acids is 2. The quantitative estimate of drug-likeness (QED) is 0.833. The first-order valence-electron chi connectivity index (χ1n) is 6.35. The fourth-order valence-electron chi connectivity index (χ4n) is 2.14. The van der Waals surface area contributed by atoms with Crippen LogP contribution in [0.4, 0.5) is 0 Å². The van der Waals surface area contributed by atoms with Gasteiger partial charge in [0, 0.05) is 5.56 Å². The summed E-state index contributed by atoms with van der Waals surface area (Å²) in [6, 6.07) is 4.92. The molecule has 22 heavy (non-hydrogen) atoms. The van der Waals surface area contributed by atoms with Crippen molar-refractivity contribution in [3.8, 4) is 22.8 Å². The van der Waals surface area contributed by atoms with Gasteiger partial charge in [-0.05, 0) is 18.2 Å². The highest BCUT2D eigenvalue weighted by Crippen LogP contribution is 2.36. The number of aromatic nitrogens is 3. The van der Waals surface area contributed by atoms with E-state index < -0.39 is 11.9 Å². The number of rotatable bonds is 5. The molecule has 0 bridgehead atoms. The van der Waals surface area contributed by atoms with Gasteiger partial charge in [-0.2, -0.15) is 0 Å². The Kier molecular flexibility index (Phi) is 3.37. The Labute approximate surface area is 123 Å². The molecule has 0 radical (unpaired) electrons. The highest BCUT2D eigenvalue weighted by atomic mass is 16.7. The third kappa shape index (κ3) is 2.43. The smallest absolute Gasteiger partial charge is 0.358 e. The number of ether oxygens (including phenoxy) is 2. The lowest BCUT2D eigenvalue weighted by atomic mass is 10.1. The zero-order chi connectivity index (χ0) is 15.7. The summed E-state index contributed by atoms with van der Waals surface area (Å²) in [6.07, 6.45) is -0.194. The largest absolute Gasteiger partial charge is 0.481 e. The Bertz CT molecular complexity index is 754. The van der Waals surface area contributed by atoms with E-state index in [1.807, 2.05) is 0 Å². The highest BCUT2D eigenvalue weighted by molar-refractivity contribution is 5.93. The molecule has 2 N–H and O–H groups in total. The van der Waals surface area contributed by atoms with E-state index in [1.54, 1.807) is 18.2 Å². The second-order valence-electron chi connectivity index (χ2n) is 4.53. The first kappa shape index (κ1) is 13.9. The van der Waals surface area contributed by atoms with Crippen LogP contribution in [0.25, 0.3) is 11.3 Å². The lowest BCUT2D eigenvalue weighted by molar-refractivity contribution is -0.137. The minimum atomic E-state index is -1.24. The molecule has 0 amide bonds. The molecule has 0 atom stereocenters. The van der Waals surface area contributed by atoms with Crippen molar-refractivity contribution in [1.82, 2.24) is 15.0 Å². The zero-order valence-electron chi connectivity index (χ0n) is 11.2. The summed E-state index contributed by atoms with van der Waals surface area (Å²) in [5.41, 5.74) is 0.494. The molecule has 1 aromatic carbocycles. The molecule has 3 rings (SSSR count). The minimum Gasteiger partial charge on any atom is -0.481 e. The first-order chi connectivity index (χ1) is 10.6. The summed E-state index contributed by atoms with van der Waals surface area (Å²) in [5, 5.41) is 25.3. The van der Waals surface area contributed by atoms with Crippen molar-refractivity contribution in [2.24, 2.45) is 0 Å². The van der Waals surface area contributed by atoms with Crippen LogP contribution >= 0.6 is 0 Å². The van der Waals surface area contributed by atoms with Crippen LogP contribution in [0.15, 0.2) is 18.2 Å². The first-order valence-corrected chi connectivity index (χ1v) is 6.35. The number of carboxylic acid groups (broad SMARTS) is 2. The predicted octanol–water partition coefficient (Wildman–Crippen LogP) is 0.847. The van der Waals surface area contributed by atoms with Crippen LogP contribution in [0.1, 0.15) is 16.9 Å². The van der Waals surface area contributed by atoms with Gasteiger partial charge in [-0.25, -0.2) is 9.48 Å². The molecular formula is C13H11N3O6. The molecule has 0 spiro atoms. The van der Waals surface area contributed by atoms with Crippen molar-refractivity contribution in [1.29, 1.82) is 0 Å². The van der Waals surface area contributed by atoms with Gasteiger partial charge in [0.15, 0.2) is 17.2 Å². The molecule has 0 aliphatic carbocycles. The Morgan fingerprint density at radius 3 is 2.73 bits per heavy atom. The molecule has 0 fully saturated rings. The summed E-state index contributed by atoms with van der Waals surface area (Å²) in [7, 11) is 0. The van der Waals surface area contributed by atoms with Gasteiger partial charge >= 0.3 is 11.9 Å². The summed E-state index contributed by atoms with van der Waals surface area (Å²) < 4.78 is 11.7. The normalized spacial score (nSPS) is 12.4. The summed E-state index contributed by atoms with van der Waals surface area (Å²) in [6.45, 7) is 0.112. The van der Waals surface area contributed by atoms with Gasteiger partial charge in [0.2, 0.25) is 6.79 Å². The van der Waals surface area contributed by atoms with E-state index in [-0.39, 0.29) is 31.1 Å². The summed E-state index contributed by atoms with van der Waals surface area (Å²) >= 11 is 0. The average molecular weight is 305 g/mol. The van der Waals surface area contributed by atoms with E-state index >= 15 is 0 Å². The minimum absolute atomic E-state index is 0.0133. The van der Waals surface area contributed by atoms with Gasteiger partial charge in [-0.15, -0.1) is 5.10 Å². The number of benzene rings is 1. The number of hydrogen-bond donors (Lipinski definition) is 2. The van der Waals surface area contributed by atoms with Crippen LogP contribution in [0.2, 0.25) is 0 Å². The van der Waals surface area contributed by atoms with Crippen LogP contribution in [0.3, 0.4) is 0 Å². The fourth-order valence-corrected chi connectivity index (χ4v) is 2.14. The topological polar surface area (TPSA) is 124 Å².